The van der Waals surface area contributed by atoms with Crippen molar-refractivity contribution in [2.24, 2.45) is 5.10 Å². The van der Waals surface area contributed by atoms with E-state index < -0.39 is 0 Å². The third-order valence-electron chi connectivity index (χ3n) is 3.52. The van der Waals surface area contributed by atoms with Crippen LogP contribution in [0.15, 0.2) is 72.4 Å². The van der Waals surface area contributed by atoms with E-state index in [0.29, 0.717) is 11.3 Å². The standard InChI is InChI=1S/C18H15FN4O/c1-13(21-22-18(24)15-2-6-16(19)7-3-15)14-4-8-17(9-5-14)23-11-10-20-12-23/h2-12H,1H3,(H,22,24)/b21-13+. The molecule has 1 N–H and O–H groups in total. The highest BCUT2D eigenvalue weighted by Gasteiger charge is 2.05. The molecule has 0 radical (unpaired) electrons. The summed E-state index contributed by atoms with van der Waals surface area (Å²) >= 11 is 0. The van der Waals surface area contributed by atoms with Crippen LogP contribution in [0, 0.1) is 5.82 Å². The molecule has 0 saturated heterocycles. The molecule has 0 aliphatic carbocycles. The van der Waals surface area contributed by atoms with Crippen molar-refractivity contribution in [1.82, 2.24) is 15.0 Å². The Bertz CT molecular complexity index is 853. The third kappa shape index (κ3) is 3.55. The van der Waals surface area contributed by atoms with E-state index in [0.717, 1.165) is 11.3 Å². The second-order valence-corrected chi connectivity index (χ2v) is 5.16. The summed E-state index contributed by atoms with van der Waals surface area (Å²) in [6, 6.07) is 13.0. The van der Waals surface area contributed by atoms with Crippen LogP contribution < -0.4 is 5.43 Å². The predicted molar refractivity (Wildman–Crippen MR) is 89.6 cm³/mol. The molecule has 0 saturated carbocycles. The zero-order valence-electron chi connectivity index (χ0n) is 13.0. The van der Waals surface area contributed by atoms with Crippen LogP contribution in [0.1, 0.15) is 22.8 Å². The van der Waals surface area contributed by atoms with Crippen molar-refractivity contribution in [2.75, 3.05) is 0 Å². The lowest BCUT2D eigenvalue weighted by molar-refractivity contribution is 0.0955. The van der Waals surface area contributed by atoms with E-state index in [4.69, 9.17) is 0 Å². The number of hydrogen-bond donors (Lipinski definition) is 1. The molecule has 0 aliphatic rings. The molecule has 0 fully saturated rings. The Morgan fingerprint density at radius 1 is 1.08 bits per heavy atom. The Labute approximate surface area is 138 Å². The van der Waals surface area contributed by atoms with Crippen molar-refractivity contribution < 1.29 is 9.18 Å². The Balaban J connectivity index is 1.69. The summed E-state index contributed by atoms with van der Waals surface area (Å²) in [5.41, 5.74) is 5.36. The quantitative estimate of drug-likeness (QED) is 0.592. The van der Waals surface area contributed by atoms with Gasteiger partial charge in [0.15, 0.2) is 0 Å². The van der Waals surface area contributed by atoms with Gasteiger partial charge in [-0.15, -0.1) is 0 Å². The van der Waals surface area contributed by atoms with Crippen molar-refractivity contribution >= 4 is 11.6 Å². The van der Waals surface area contributed by atoms with Gasteiger partial charge in [0.25, 0.3) is 5.91 Å². The average molecular weight is 322 g/mol. The Hall–Kier alpha value is -3.28. The van der Waals surface area contributed by atoms with Gasteiger partial charge in [-0.3, -0.25) is 4.79 Å². The fourth-order valence-corrected chi connectivity index (χ4v) is 2.15. The molecule has 3 aromatic rings. The molecule has 24 heavy (non-hydrogen) atoms. The van der Waals surface area contributed by atoms with Gasteiger partial charge in [-0.1, -0.05) is 12.1 Å². The molecular weight excluding hydrogens is 307 g/mol. The second kappa shape index (κ2) is 6.87. The number of hydrogen-bond acceptors (Lipinski definition) is 3. The Morgan fingerprint density at radius 2 is 1.75 bits per heavy atom. The molecule has 2 aromatic carbocycles. The zero-order valence-corrected chi connectivity index (χ0v) is 13.0. The lowest BCUT2D eigenvalue weighted by Gasteiger charge is -2.05. The maximum Gasteiger partial charge on any atom is 0.271 e. The van der Waals surface area contributed by atoms with E-state index in [-0.39, 0.29) is 11.7 Å². The predicted octanol–water partition coefficient (Wildman–Crippen LogP) is 3.17. The minimum absolute atomic E-state index is 0.350. The highest BCUT2D eigenvalue weighted by Crippen LogP contribution is 2.10. The lowest BCUT2D eigenvalue weighted by Crippen LogP contribution is -2.19. The molecule has 5 nitrogen and oxygen atoms in total. The number of carbonyl (C=O) groups excluding carboxylic acids is 1. The number of halogens is 1. The van der Waals surface area contributed by atoms with Gasteiger partial charge in [-0.05, 0) is 48.9 Å². The van der Waals surface area contributed by atoms with Gasteiger partial charge in [-0.25, -0.2) is 14.8 Å². The Morgan fingerprint density at radius 3 is 2.38 bits per heavy atom. The van der Waals surface area contributed by atoms with Gasteiger partial charge in [0, 0.05) is 23.6 Å². The summed E-state index contributed by atoms with van der Waals surface area (Å²) in [6.07, 6.45) is 5.29. The SMILES string of the molecule is C/C(=N\NC(=O)c1ccc(F)cc1)c1ccc(-n2ccnc2)cc1. The van der Waals surface area contributed by atoms with Crippen molar-refractivity contribution in [3.8, 4) is 5.69 Å². The molecule has 1 heterocycles. The first-order valence-electron chi connectivity index (χ1n) is 7.32. The number of nitrogens with zero attached hydrogens (tertiary/aromatic N) is 3. The summed E-state index contributed by atoms with van der Waals surface area (Å²) in [6.45, 7) is 1.80. The molecule has 0 spiro atoms. The lowest BCUT2D eigenvalue weighted by atomic mass is 10.1. The molecule has 120 valence electrons. The van der Waals surface area contributed by atoms with Crippen LogP contribution in [-0.2, 0) is 0 Å². The molecule has 0 bridgehead atoms. The molecule has 0 aliphatic heterocycles. The highest BCUT2D eigenvalue weighted by molar-refractivity contribution is 6.00. The fraction of sp³-hybridized carbons (Fsp3) is 0.0556. The summed E-state index contributed by atoms with van der Waals surface area (Å²) < 4.78 is 14.8. The minimum atomic E-state index is -0.385. The van der Waals surface area contributed by atoms with Crippen LogP contribution in [0.3, 0.4) is 0 Å². The molecule has 1 amide bonds. The van der Waals surface area contributed by atoms with Gasteiger partial charge in [0.1, 0.15) is 5.82 Å². The molecule has 3 rings (SSSR count). The van der Waals surface area contributed by atoms with Crippen LogP contribution in [0.2, 0.25) is 0 Å². The smallest absolute Gasteiger partial charge is 0.271 e. The van der Waals surface area contributed by atoms with Gasteiger partial charge >= 0.3 is 0 Å². The first-order valence-corrected chi connectivity index (χ1v) is 7.32. The number of benzene rings is 2. The van der Waals surface area contributed by atoms with Crippen molar-refractivity contribution in [1.29, 1.82) is 0 Å². The van der Waals surface area contributed by atoms with Crippen LogP contribution in [0.4, 0.5) is 4.39 Å². The van der Waals surface area contributed by atoms with Gasteiger partial charge in [-0.2, -0.15) is 5.10 Å². The molecule has 1 aromatic heterocycles. The largest absolute Gasteiger partial charge is 0.306 e. The fourth-order valence-electron chi connectivity index (χ4n) is 2.15. The summed E-state index contributed by atoms with van der Waals surface area (Å²) in [4.78, 5) is 16.0. The maximum absolute atomic E-state index is 12.9. The average Bonchev–Trinajstić information content (AvgIpc) is 3.15. The van der Waals surface area contributed by atoms with Crippen molar-refractivity contribution in [3.05, 3.63) is 84.2 Å². The third-order valence-corrected chi connectivity index (χ3v) is 3.52. The van der Waals surface area contributed by atoms with E-state index in [1.54, 1.807) is 19.4 Å². The number of amides is 1. The summed E-state index contributed by atoms with van der Waals surface area (Å²) in [7, 11) is 0. The van der Waals surface area contributed by atoms with Crippen molar-refractivity contribution in [2.45, 2.75) is 6.92 Å². The van der Waals surface area contributed by atoms with Gasteiger partial charge in [0.05, 0.1) is 12.0 Å². The van der Waals surface area contributed by atoms with E-state index >= 15 is 0 Å². The maximum atomic E-state index is 12.9. The zero-order chi connectivity index (χ0) is 16.9. The number of rotatable bonds is 4. The number of imidazole rings is 1. The first kappa shape index (κ1) is 15.6. The molecule has 0 unspecified atom stereocenters. The normalized spacial score (nSPS) is 11.3. The summed E-state index contributed by atoms with van der Waals surface area (Å²) in [5, 5.41) is 4.09. The molecule has 6 heteroatoms. The van der Waals surface area contributed by atoms with E-state index in [2.05, 4.69) is 15.5 Å². The highest BCUT2D eigenvalue weighted by atomic mass is 19.1. The summed E-state index contributed by atoms with van der Waals surface area (Å²) in [5.74, 6) is -0.770. The van der Waals surface area contributed by atoms with Crippen molar-refractivity contribution in [3.63, 3.8) is 0 Å². The van der Waals surface area contributed by atoms with Crippen LogP contribution >= 0.6 is 0 Å². The van der Waals surface area contributed by atoms with Gasteiger partial charge < -0.3 is 4.57 Å². The van der Waals surface area contributed by atoms with Crippen LogP contribution in [0.25, 0.3) is 5.69 Å². The van der Waals surface area contributed by atoms with Crippen LogP contribution in [-0.4, -0.2) is 21.2 Å². The molecule has 0 atom stereocenters. The van der Waals surface area contributed by atoms with Crippen LogP contribution in [0.5, 0.6) is 0 Å². The molecular formula is C18H15FN4O. The van der Waals surface area contributed by atoms with E-state index in [1.165, 1.54) is 24.3 Å². The number of aromatic nitrogens is 2. The monoisotopic (exact) mass is 322 g/mol. The van der Waals surface area contributed by atoms with Gasteiger partial charge in [0.2, 0.25) is 0 Å². The number of carbonyl (C=O) groups is 1. The van der Waals surface area contributed by atoms with E-state index in [9.17, 15) is 9.18 Å². The van der Waals surface area contributed by atoms with E-state index in [1.807, 2.05) is 35.0 Å². The Kier molecular flexibility index (Phi) is 4.47. The topological polar surface area (TPSA) is 59.3 Å². The minimum Gasteiger partial charge on any atom is -0.306 e. The second-order valence-electron chi connectivity index (χ2n) is 5.16. The number of hydrazone groups is 1. The first-order chi connectivity index (χ1) is 11.6. The number of nitrogens with one attached hydrogen (secondary N) is 1.